The highest BCUT2D eigenvalue weighted by molar-refractivity contribution is 5.49. The lowest BCUT2D eigenvalue weighted by Gasteiger charge is -2.36. The van der Waals surface area contributed by atoms with Crippen molar-refractivity contribution in [1.29, 1.82) is 0 Å². The van der Waals surface area contributed by atoms with Gasteiger partial charge in [-0.3, -0.25) is 4.90 Å². The van der Waals surface area contributed by atoms with Gasteiger partial charge in [0.1, 0.15) is 6.29 Å². The number of hydrogen-bond acceptors (Lipinski definition) is 3. The molecule has 70 valence electrons. The van der Waals surface area contributed by atoms with Crippen LogP contribution in [0.25, 0.3) is 0 Å². The minimum absolute atomic E-state index is 0.313. The maximum atomic E-state index is 10.2. The van der Waals surface area contributed by atoms with Crippen molar-refractivity contribution in [2.75, 3.05) is 19.7 Å². The van der Waals surface area contributed by atoms with Crippen LogP contribution in [0, 0.1) is 0 Å². The van der Waals surface area contributed by atoms with E-state index in [1.807, 2.05) is 0 Å². The minimum atomic E-state index is 0.313. The van der Waals surface area contributed by atoms with E-state index in [0.29, 0.717) is 18.6 Å². The molecule has 2 atom stereocenters. The summed E-state index contributed by atoms with van der Waals surface area (Å²) in [6, 6.07) is 0.459. The lowest BCUT2D eigenvalue weighted by molar-refractivity contribution is -0.109. The number of rotatable bonds is 3. The number of nitrogens with zero attached hydrogens (tertiary/aromatic N) is 1. The standard InChI is InChI=1S/C9H17NO2/c1-8-7-12-9(2)6-10(8)4-3-5-11/h5,8-9H,3-4,6-7H2,1-2H3. The third-order valence-corrected chi connectivity index (χ3v) is 2.27. The predicted octanol–water partition coefficient (Wildman–Crippen LogP) is 0.685. The van der Waals surface area contributed by atoms with E-state index < -0.39 is 0 Å². The van der Waals surface area contributed by atoms with Crippen LogP contribution >= 0.6 is 0 Å². The van der Waals surface area contributed by atoms with E-state index in [1.165, 1.54) is 0 Å². The van der Waals surface area contributed by atoms with Crippen molar-refractivity contribution >= 4 is 6.29 Å². The van der Waals surface area contributed by atoms with Gasteiger partial charge in [0.25, 0.3) is 0 Å². The predicted molar refractivity (Wildman–Crippen MR) is 47.1 cm³/mol. The fraction of sp³-hybridized carbons (Fsp3) is 0.889. The van der Waals surface area contributed by atoms with Gasteiger partial charge >= 0.3 is 0 Å². The minimum Gasteiger partial charge on any atom is -0.376 e. The van der Waals surface area contributed by atoms with Gasteiger partial charge in [-0.25, -0.2) is 0 Å². The third kappa shape index (κ3) is 2.57. The number of aldehydes is 1. The molecule has 0 radical (unpaired) electrons. The van der Waals surface area contributed by atoms with Crippen LogP contribution in [0.5, 0.6) is 0 Å². The van der Waals surface area contributed by atoms with Crippen LogP contribution in [-0.2, 0) is 9.53 Å². The first-order chi connectivity index (χ1) is 5.74. The zero-order valence-electron chi connectivity index (χ0n) is 7.82. The average molecular weight is 171 g/mol. The largest absolute Gasteiger partial charge is 0.376 e. The van der Waals surface area contributed by atoms with Crippen molar-refractivity contribution in [1.82, 2.24) is 4.90 Å². The quantitative estimate of drug-likeness (QED) is 0.585. The Morgan fingerprint density at radius 3 is 3.00 bits per heavy atom. The summed E-state index contributed by atoms with van der Waals surface area (Å²) in [6.07, 6.45) is 1.93. The molecule has 1 aliphatic heterocycles. The molecule has 2 unspecified atom stereocenters. The first-order valence-electron chi connectivity index (χ1n) is 4.53. The molecule has 0 amide bonds. The second-order valence-electron chi connectivity index (χ2n) is 3.44. The molecular weight excluding hydrogens is 154 g/mol. The third-order valence-electron chi connectivity index (χ3n) is 2.27. The van der Waals surface area contributed by atoms with E-state index in [4.69, 9.17) is 4.74 Å². The molecule has 3 heteroatoms. The summed E-state index contributed by atoms with van der Waals surface area (Å²) < 4.78 is 5.47. The molecule has 1 heterocycles. The Bertz CT molecular complexity index is 149. The monoisotopic (exact) mass is 171 g/mol. The first kappa shape index (κ1) is 9.68. The molecule has 0 aromatic heterocycles. The summed E-state index contributed by atoms with van der Waals surface area (Å²) >= 11 is 0. The number of morpholine rings is 1. The molecule has 0 spiro atoms. The summed E-state index contributed by atoms with van der Waals surface area (Å²) in [5.74, 6) is 0. The summed E-state index contributed by atoms with van der Waals surface area (Å²) in [4.78, 5) is 12.5. The van der Waals surface area contributed by atoms with Gasteiger partial charge in [0.05, 0.1) is 12.7 Å². The van der Waals surface area contributed by atoms with E-state index >= 15 is 0 Å². The average Bonchev–Trinajstić information content (AvgIpc) is 2.07. The Labute approximate surface area is 73.7 Å². The number of hydrogen-bond donors (Lipinski definition) is 0. The van der Waals surface area contributed by atoms with Crippen LogP contribution in [0.1, 0.15) is 20.3 Å². The van der Waals surface area contributed by atoms with Crippen LogP contribution in [0.15, 0.2) is 0 Å². The Balaban J connectivity index is 2.32. The first-order valence-corrected chi connectivity index (χ1v) is 4.53. The van der Waals surface area contributed by atoms with Crippen LogP contribution in [0.4, 0.5) is 0 Å². The van der Waals surface area contributed by atoms with Crippen LogP contribution < -0.4 is 0 Å². The van der Waals surface area contributed by atoms with Gasteiger partial charge in [-0.2, -0.15) is 0 Å². The highest BCUT2D eigenvalue weighted by Crippen LogP contribution is 2.10. The summed E-state index contributed by atoms with van der Waals surface area (Å²) in [5, 5.41) is 0. The van der Waals surface area contributed by atoms with Crippen LogP contribution in [0.2, 0.25) is 0 Å². The molecular formula is C9H17NO2. The number of carbonyl (C=O) groups excluding carboxylic acids is 1. The van der Waals surface area contributed by atoms with Crippen molar-refractivity contribution in [3.63, 3.8) is 0 Å². The van der Waals surface area contributed by atoms with Crippen molar-refractivity contribution < 1.29 is 9.53 Å². The summed E-state index contributed by atoms with van der Waals surface area (Å²) in [5.41, 5.74) is 0. The highest BCUT2D eigenvalue weighted by atomic mass is 16.5. The molecule has 1 aliphatic rings. The zero-order chi connectivity index (χ0) is 8.97. The van der Waals surface area contributed by atoms with Gasteiger partial charge in [-0.15, -0.1) is 0 Å². The molecule has 1 fully saturated rings. The lowest BCUT2D eigenvalue weighted by Crippen LogP contribution is -2.47. The lowest BCUT2D eigenvalue weighted by atomic mass is 10.2. The molecule has 1 saturated heterocycles. The maximum absolute atomic E-state index is 10.2. The van der Waals surface area contributed by atoms with Crippen molar-refractivity contribution in [3.05, 3.63) is 0 Å². The molecule has 0 saturated carbocycles. The van der Waals surface area contributed by atoms with Gasteiger partial charge in [-0.05, 0) is 13.8 Å². The van der Waals surface area contributed by atoms with E-state index in [1.54, 1.807) is 0 Å². The molecule has 12 heavy (non-hydrogen) atoms. The van der Waals surface area contributed by atoms with Gasteiger partial charge in [0.2, 0.25) is 0 Å². The Morgan fingerprint density at radius 2 is 2.33 bits per heavy atom. The molecule has 1 rings (SSSR count). The smallest absolute Gasteiger partial charge is 0.121 e. The van der Waals surface area contributed by atoms with E-state index in [-0.39, 0.29) is 0 Å². The Morgan fingerprint density at radius 1 is 1.58 bits per heavy atom. The maximum Gasteiger partial charge on any atom is 0.121 e. The zero-order valence-corrected chi connectivity index (χ0v) is 7.82. The topological polar surface area (TPSA) is 29.5 Å². The van der Waals surface area contributed by atoms with Gasteiger partial charge < -0.3 is 9.53 Å². The Hall–Kier alpha value is -0.410. The second-order valence-corrected chi connectivity index (χ2v) is 3.44. The number of carbonyl (C=O) groups is 1. The van der Waals surface area contributed by atoms with E-state index in [2.05, 4.69) is 18.7 Å². The normalized spacial score (nSPS) is 31.8. The fourth-order valence-corrected chi connectivity index (χ4v) is 1.50. The van der Waals surface area contributed by atoms with Crippen LogP contribution in [0.3, 0.4) is 0 Å². The molecule has 0 aliphatic carbocycles. The van der Waals surface area contributed by atoms with Crippen molar-refractivity contribution in [2.24, 2.45) is 0 Å². The van der Waals surface area contributed by atoms with Gasteiger partial charge in [0, 0.05) is 25.6 Å². The van der Waals surface area contributed by atoms with E-state index in [0.717, 1.165) is 26.0 Å². The van der Waals surface area contributed by atoms with Gasteiger partial charge in [-0.1, -0.05) is 0 Å². The number of ether oxygens (including phenoxy) is 1. The highest BCUT2D eigenvalue weighted by Gasteiger charge is 2.22. The molecule has 0 aromatic carbocycles. The molecule has 0 bridgehead atoms. The second kappa shape index (κ2) is 4.58. The fourth-order valence-electron chi connectivity index (χ4n) is 1.50. The van der Waals surface area contributed by atoms with Crippen molar-refractivity contribution in [3.8, 4) is 0 Å². The SMILES string of the molecule is CC1CN(CCC=O)C(C)CO1. The molecule has 0 aromatic rings. The summed E-state index contributed by atoms with van der Waals surface area (Å²) in [6.45, 7) is 6.82. The Kier molecular flexibility index (Phi) is 3.69. The molecule has 3 nitrogen and oxygen atoms in total. The van der Waals surface area contributed by atoms with Gasteiger partial charge in [0.15, 0.2) is 0 Å². The van der Waals surface area contributed by atoms with E-state index in [9.17, 15) is 4.79 Å². The van der Waals surface area contributed by atoms with Crippen molar-refractivity contribution in [2.45, 2.75) is 32.4 Å². The van der Waals surface area contributed by atoms with Crippen LogP contribution in [-0.4, -0.2) is 43.0 Å². The summed E-state index contributed by atoms with van der Waals surface area (Å²) in [7, 11) is 0. The molecule has 0 N–H and O–H groups in total.